The molecular formula is C16H20N2O5. The summed E-state index contributed by atoms with van der Waals surface area (Å²) in [5, 5.41) is 3.91. The fraction of sp³-hybridized carbons (Fsp3) is 0.438. The lowest BCUT2D eigenvalue weighted by Crippen LogP contribution is -2.38. The third-order valence-corrected chi connectivity index (χ3v) is 3.33. The van der Waals surface area contributed by atoms with Gasteiger partial charge in [-0.2, -0.15) is 0 Å². The van der Waals surface area contributed by atoms with Crippen LogP contribution in [-0.4, -0.2) is 44.0 Å². The summed E-state index contributed by atoms with van der Waals surface area (Å²) in [4.78, 5) is 29.7. The summed E-state index contributed by atoms with van der Waals surface area (Å²) >= 11 is 0. The molecule has 2 rings (SSSR count). The molecule has 0 bridgehead atoms. The Kier molecular flexibility index (Phi) is 5.56. The number of hydrogen-bond acceptors (Lipinski definition) is 6. The number of esters is 1. The van der Waals surface area contributed by atoms with Crippen LogP contribution in [0.2, 0.25) is 0 Å². The average Bonchev–Trinajstić information content (AvgIpc) is 2.54. The van der Waals surface area contributed by atoms with Gasteiger partial charge in [0.2, 0.25) is 6.61 Å². The Morgan fingerprint density at radius 2 is 2.17 bits per heavy atom. The number of benzene rings is 1. The minimum atomic E-state index is -0.467. The first-order chi connectivity index (χ1) is 11.1. The normalized spacial score (nSPS) is 14.1. The van der Waals surface area contributed by atoms with E-state index in [0.29, 0.717) is 30.3 Å². The van der Waals surface area contributed by atoms with Crippen molar-refractivity contribution in [2.45, 2.75) is 20.8 Å². The van der Waals surface area contributed by atoms with Gasteiger partial charge in [0.1, 0.15) is 5.75 Å². The summed E-state index contributed by atoms with van der Waals surface area (Å²) in [6.45, 7) is 6.07. The molecule has 0 aromatic heterocycles. The molecule has 0 aliphatic carbocycles. The van der Waals surface area contributed by atoms with Crippen LogP contribution >= 0.6 is 0 Å². The largest absolute Gasteiger partial charge is 0.482 e. The smallest absolute Gasteiger partial charge is 0.347 e. The van der Waals surface area contributed by atoms with Crippen molar-refractivity contribution in [3.05, 3.63) is 23.8 Å². The Bertz CT molecular complexity index is 627. The molecule has 1 aromatic rings. The van der Waals surface area contributed by atoms with Crippen LogP contribution in [0.1, 0.15) is 26.3 Å². The predicted molar refractivity (Wildman–Crippen MR) is 84.8 cm³/mol. The summed E-state index contributed by atoms with van der Waals surface area (Å²) in [5.74, 6) is 0.117. The van der Waals surface area contributed by atoms with E-state index in [2.05, 4.69) is 5.16 Å². The molecule has 0 saturated carbocycles. The van der Waals surface area contributed by atoms with Crippen molar-refractivity contribution >= 4 is 23.3 Å². The molecule has 0 saturated heterocycles. The maximum absolute atomic E-state index is 11.9. The van der Waals surface area contributed by atoms with Crippen LogP contribution in [0.4, 0.5) is 5.69 Å². The van der Waals surface area contributed by atoms with E-state index >= 15 is 0 Å². The zero-order valence-corrected chi connectivity index (χ0v) is 13.5. The molecule has 1 aliphatic rings. The van der Waals surface area contributed by atoms with Crippen LogP contribution in [0.25, 0.3) is 0 Å². The van der Waals surface area contributed by atoms with Gasteiger partial charge in [-0.3, -0.25) is 4.79 Å². The predicted octanol–water partition coefficient (Wildman–Crippen LogP) is 1.74. The molecule has 0 fully saturated rings. The third-order valence-electron chi connectivity index (χ3n) is 3.33. The standard InChI is InChI=1S/C16H20N2O5/c1-4-18-13-8-12(6-7-14(13)22-9-15(18)19)11(3)17-23-10-16(20)21-5-2/h6-8H,4-5,9-10H2,1-3H3/b17-11+. The Morgan fingerprint density at radius 1 is 1.39 bits per heavy atom. The molecular weight excluding hydrogens is 300 g/mol. The van der Waals surface area contributed by atoms with Crippen LogP contribution in [0.5, 0.6) is 5.75 Å². The quantitative estimate of drug-likeness (QED) is 0.453. The van der Waals surface area contributed by atoms with Crippen LogP contribution in [0, 0.1) is 0 Å². The molecule has 0 unspecified atom stereocenters. The summed E-state index contributed by atoms with van der Waals surface area (Å²) < 4.78 is 10.2. The highest BCUT2D eigenvalue weighted by Crippen LogP contribution is 2.32. The van der Waals surface area contributed by atoms with Gasteiger partial charge < -0.3 is 19.2 Å². The van der Waals surface area contributed by atoms with Gasteiger partial charge in [-0.05, 0) is 39.0 Å². The SMILES string of the molecule is CCOC(=O)CO/N=C(\C)c1ccc2c(c1)N(CC)C(=O)CO2. The second-order valence-corrected chi connectivity index (χ2v) is 4.86. The summed E-state index contributed by atoms with van der Waals surface area (Å²) in [6.07, 6.45) is 0. The number of ether oxygens (including phenoxy) is 2. The van der Waals surface area contributed by atoms with Crippen molar-refractivity contribution < 1.29 is 23.9 Å². The van der Waals surface area contributed by atoms with E-state index in [1.165, 1.54) is 0 Å². The minimum absolute atomic E-state index is 0.0515. The second kappa shape index (κ2) is 7.62. The van der Waals surface area contributed by atoms with Crippen molar-refractivity contribution in [3.63, 3.8) is 0 Å². The molecule has 0 atom stereocenters. The number of hydrogen-bond donors (Lipinski definition) is 0. The van der Waals surface area contributed by atoms with Gasteiger partial charge in [0.25, 0.3) is 5.91 Å². The topological polar surface area (TPSA) is 77.4 Å². The number of likely N-dealkylation sites (N-methyl/N-ethyl adjacent to an activating group) is 1. The number of fused-ring (bicyclic) bond motifs is 1. The van der Waals surface area contributed by atoms with E-state index < -0.39 is 5.97 Å². The Labute approximate surface area is 134 Å². The molecule has 1 amide bonds. The van der Waals surface area contributed by atoms with E-state index in [1.807, 2.05) is 19.1 Å². The van der Waals surface area contributed by atoms with Gasteiger partial charge in [0.15, 0.2) is 6.61 Å². The first-order valence-electron chi connectivity index (χ1n) is 7.46. The summed E-state index contributed by atoms with van der Waals surface area (Å²) in [5.41, 5.74) is 2.08. The molecule has 7 heteroatoms. The lowest BCUT2D eigenvalue weighted by Gasteiger charge is -2.28. The van der Waals surface area contributed by atoms with E-state index in [4.69, 9.17) is 14.3 Å². The summed E-state index contributed by atoms with van der Waals surface area (Å²) in [6, 6.07) is 5.45. The maximum Gasteiger partial charge on any atom is 0.347 e. The van der Waals surface area contributed by atoms with Crippen LogP contribution < -0.4 is 9.64 Å². The lowest BCUT2D eigenvalue weighted by molar-refractivity contribution is -0.148. The van der Waals surface area contributed by atoms with E-state index in [0.717, 1.165) is 5.56 Å². The number of anilines is 1. The van der Waals surface area contributed by atoms with Crippen LogP contribution in [0.3, 0.4) is 0 Å². The fourth-order valence-electron chi connectivity index (χ4n) is 2.21. The Morgan fingerprint density at radius 3 is 2.87 bits per heavy atom. The molecule has 23 heavy (non-hydrogen) atoms. The highest BCUT2D eigenvalue weighted by molar-refractivity contribution is 6.03. The molecule has 1 heterocycles. The number of rotatable bonds is 6. The highest BCUT2D eigenvalue weighted by Gasteiger charge is 2.24. The monoisotopic (exact) mass is 320 g/mol. The highest BCUT2D eigenvalue weighted by atomic mass is 16.7. The average molecular weight is 320 g/mol. The van der Waals surface area contributed by atoms with Gasteiger partial charge >= 0.3 is 5.97 Å². The van der Waals surface area contributed by atoms with Gasteiger partial charge in [-0.1, -0.05) is 5.16 Å². The van der Waals surface area contributed by atoms with Crippen molar-refractivity contribution in [2.24, 2.45) is 5.16 Å². The molecule has 1 aliphatic heterocycles. The minimum Gasteiger partial charge on any atom is -0.482 e. The van der Waals surface area contributed by atoms with E-state index in [1.54, 1.807) is 24.8 Å². The molecule has 0 spiro atoms. The zero-order chi connectivity index (χ0) is 16.8. The Balaban J connectivity index is 2.13. The molecule has 7 nitrogen and oxygen atoms in total. The maximum atomic E-state index is 11.9. The zero-order valence-electron chi connectivity index (χ0n) is 13.5. The van der Waals surface area contributed by atoms with Gasteiger partial charge in [0.05, 0.1) is 18.0 Å². The first-order valence-corrected chi connectivity index (χ1v) is 7.46. The van der Waals surface area contributed by atoms with Crippen LogP contribution in [0.15, 0.2) is 23.4 Å². The Hall–Kier alpha value is -2.57. The number of oxime groups is 1. The van der Waals surface area contributed by atoms with Gasteiger partial charge in [-0.15, -0.1) is 0 Å². The number of amides is 1. The number of carbonyl (C=O) groups is 2. The fourth-order valence-corrected chi connectivity index (χ4v) is 2.21. The van der Waals surface area contributed by atoms with E-state index in [-0.39, 0.29) is 19.1 Å². The summed E-state index contributed by atoms with van der Waals surface area (Å²) in [7, 11) is 0. The second-order valence-electron chi connectivity index (χ2n) is 4.86. The third kappa shape index (κ3) is 4.00. The van der Waals surface area contributed by atoms with Crippen molar-refractivity contribution in [2.75, 3.05) is 31.3 Å². The van der Waals surface area contributed by atoms with Crippen molar-refractivity contribution in [1.82, 2.24) is 0 Å². The molecule has 0 N–H and O–H groups in total. The number of nitrogens with zero attached hydrogens (tertiary/aromatic N) is 2. The molecule has 124 valence electrons. The number of carbonyl (C=O) groups excluding carboxylic acids is 2. The molecule has 1 aromatic carbocycles. The van der Waals surface area contributed by atoms with E-state index in [9.17, 15) is 9.59 Å². The van der Waals surface area contributed by atoms with Gasteiger partial charge in [0, 0.05) is 12.1 Å². The lowest BCUT2D eigenvalue weighted by atomic mass is 10.1. The van der Waals surface area contributed by atoms with Crippen LogP contribution in [-0.2, 0) is 19.2 Å². The first kappa shape index (κ1) is 16.8. The van der Waals surface area contributed by atoms with Crippen molar-refractivity contribution in [1.29, 1.82) is 0 Å². The molecule has 0 radical (unpaired) electrons. The van der Waals surface area contributed by atoms with Crippen molar-refractivity contribution in [3.8, 4) is 5.75 Å². The van der Waals surface area contributed by atoms with Gasteiger partial charge in [-0.25, -0.2) is 4.79 Å².